The number of aryl methyl sites for hydroxylation is 1. The van der Waals surface area contributed by atoms with E-state index in [9.17, 15) is 19.2 Å². The molecule has 2 aromatic heterocycles. The summed E-state index contributed by atoms with van der Waals surface area (Å²) in [7, 11) is 0. The van der Waals surface area contributed by atoms with Gasteiger partial charge in [-0.05, 0) is 78.7 Å². The van der Waals surface area contributed by atoms with Crippen molar-refractivity contribution in [1.29, 1.82) is 0 Å². The van der Waals surface area contributed by atoms with Gasteiger partial charge in [0.25, 0.3) is 29.5 Å². The van der Waals surface area contributed by atoms with Crippen LogP contribution in [0.15, 0.2) is 108 Å². The Kier molecular flexibility index (Phi) is 6.21. The van der Waals surface area contributed by atoms with Crippen LogP contribution in [0.5, 0.6) is 0 Å². The number of imide groups is 2. The van der Waals surface area contributed by atoms with Crippen molar-refractivity contribution in [1.82, 2.24) is 14.8 Å². The predicted octanol–water partition coefficient (Wildman–Crippen LogP) is 7.79. The summed E-state index contributed by atoms with van der Waals surface area (Å²) in [4.78, 5) is 56.3. The molecule has 0 bridgehead atoms. The number of para-hydroxylation sites is 1. The van der Waals surface area contributed by atoms with Crippen LogP contribution < -0.4 is 9.80 Å². The number of nitrogens with zero attached hydrogens (tertiary/aromatic N) is 5. The average molecular weight is 664 g/mol. The molecule has 7 aromatic rings. The molecule has 0 N–H and O–H groups in total. The molecule has 10 nitrogen and oxygen atoms in total. The van der Waals surface area contributed by atoms with E-state index in [0.717, 1.165) is 33.3 Å². The Morgan fingerprint density at radius 3 is 1.92 bits per heavy atom. The van der Waals surface area contributed by atoms with Gasteiger partial charge in [-0.25, -0.2) is 4.90 Å². The van der Waals surface area contributed by atoms with Crippen molar-refractivity contribution in [2.45, 2.75) is 13.5 Å². The van der Waals surface area contributed by atoms with Gasteiger partial charge in [0, 0.05) is 28.4 Å². The summed E-state index contributed by atoms with van der Waals surface area (Å²) in [6.07, 6.45) is 0. The van der Waals surface area contributed by atoms with E-state index >= 15 is 0 Å². The van der Waals surface area contributed by atoms with Crippen molar-refractivity contribution in [2.75, 3.05) is 9.80 Å². The molecular formula is C38H22ClN5O5. The summed E-state index contributed by atoms with van der Waals surface area (Å²) in [6, 6.07) is 30.1. The summed E-state index contributed by atoms with van der Waals surface area (Å²) >= 11 is 6.25. The Morgan fingerprint density at radius 1 is 0.592 bits per heavy atom. The monoisotopic (exact) mass is 663 g/mol. The highest BCUT2D eigenvalue weighted by atomic mass is 35.5. The molecule has 0 unspecified atom stereocenters. The summed E-state index contributed by atoms with van der Waals surface area (Å²) in [5.41, 5.74) is 5.09. The fraction of sp³-hybridized carbons (Fsp3) is 0.0526. The lowest BCUT2D eigenvalue weighted by molar-refractivity contribution is 0.0906. The van der Waals surface area contributed by atoms with Gasteiger partial charge in [0.2, 0.25) is 0 Å². The fourth-order valence-corrected chi connectivity index (χ4v) is 7.04. The summed E-state index contributed by atoms with van der Waals surface area (Å²) in [5.74, 6) is -2.02. The number of carbonyl (C=O) groups excluding carboxylic acids is 4. The normalized spacial score (nSPS) is 14.1. The minimum absolute atomic E-state index is 0.0666. The molecule has 4 heterocycles. The van der Waals surface area contributed by atoms with Crippen molar-refractivity contribution in [3.63, 3.8) is 0 Å². The van der Waals surface area contributed by atoms with E-state index in [2.05, 4.69) is 27.8 Å². The van der Waals surface area contributed by atoms with Gasteiger partial charge in [-0.2, -0.15) is 4.90 Å². The molecule has 0 aliphatic carbocycles. The molecule has 4 amide bonds. The molecule has 0 saturated heterocycles. The molecule has 0 atom stereocenters. The van der Waals surface area contributed by atoms with E-state index in [1.165, 1.54) is 4.90 Å². The van der Waals surface area contributed by atoms with Gasteiger partial charge >= 0.3 is 6.01 Å². The third kappa shape index (κ3) is 4.14. The predicted molar refractivity (Wildman–Crippen MR) is 184 cm³/mol. The molecule has 0 saturated carbocycles. The first-order chi connectivity index (χ1) is 23.8. The molecule has 0 radical (unpaired) electrons. The third-order valence-corrected chi connectivity index (χ3v) is 9.48. The molecular weight excluding hydrogens is 642 g/mol. The lowest BCUT2D eigenvalue weighted by atomic mass is 9.97. The fourth-order valence-electron chi connectivity index (χ4n) is 6.82. The Morgan fingerprint density at radius 2 is 1.20 bits per heavy atom. The Labute approximate surface area is 282 Å². The van der Waals surface area contributed by atoms with Gasteiger partial charge in [-0.1, -0.05) is 59.2 Å². The number of hydrogen-bond acceptors (Lipinski definition) is 7. The summed E-state index contributed by atoms with van der Waals surface area (Å²) < 4.78 is 7.90. The van der Waals surface area contributed by atoms with E-state index < -0.39 is 23.6 Å². The number of halogens is 1. The highest BCUT2D eigenvalue weighted by molar-refractivity contribution is 6.36. The van der Waals surface area contributed by atoms with Crippen LogP contribution in [0.1, 0.15) is 48.4 Å². The maximum atomic E-state index is 13.8. The van der Waals surface area contributed by atoms with Crippen LogP contribution in [0.4, 0.5) is 11.7 Å². The van der Waals surface area contributed by atoms with E-state index in [-0.39, 0.29) is 34.2 Å². The van der Waals surface area contributed by atoms with Crippen molar-refractivity contribution in [3.8, 4) is 22.6 Å². The minimum atomic E-state index is -0.630. The van der Waals surface area contributed by atoms with Crippen LogP contribution in [0.25, 0.3) is 44.4 Å². The number of aromatic nitrogens is 3. The van der Waals surface area contributed by atoms with Crippen LogP contribution in [-0.4, -0.2) is 38.4 Å². The van der Waals surface area contributed by atoms with Crippen molar-refractivity contribution < 1.29 is 23.6 Å². The van der Waals surface area contributed by atoms with Crippen molar-refractivity contribution in [2.24, 2.45) is 0 Å². The SMILES string of the molecule is CCn1c2ccccc2c2cc(N3C(=O)c4ccc(-c5ccc6c(c5)C(=O)N(c5nnc(-c7ccccc7Cl)o5)C6=O)cc4C3=O)ccc21. The molecule has 2 aliphatic rings. The first-order valence-electron chi connectivity index (χ1n) is 15.5. The Hall–Kier alpha value is -6.39. The average Bonchev–Trinajstić information content (AvgIpc) is 3.85. The maximum Gasteiger partial charge on any atom is 0.332 e. The van der Waals surface area contributed by atoms with E-state index in [1.54, 1.807) is 66.7 Å². The number of anilines is 2. The van der Waals surface area contributed by atoms with Crippen LogP contribution in [-0.2, 0) is 6.54 Å². The molecule has 9 rings (SSSR count). The zero-order valence-electron chi connectivity index (χ0n) is 25.7. The van der Waals surface area contributed by atoms with E-state index in [4.69, 9.17) is 16.0 Å². The molecule has 236 valence electrons. The van der Waals surface area contributed by atoms with Gasteiger partial charge < -0.3 is 8.98 Å². The van der Waals surface area contributed by atoms with E-state index in [1.807, 2.05) is 30.3 Å². The van der Waals surface area contributed by atoms with Crippen LogP contribution in [0, 0.1) is 0 Å². The lowest BCUT2D eigenvalue weighted by Crippen LogP contribution is -2.29. The molecule has 0 fully saturated rings. The van der Waals surface area contributed by atoms with Gasteiger partial charge in [0.1, 0.15) is 0 Å². The van der Waals surface area contributed by atoms with E-state index in [0.29, 0.717) is 27.4 Å². The Balaban J connectivity index is 1.03. The van der Waals surface area contributed by atoms with Crippen LogP contribution in [0.2, 0.25) is 5.02 Å². The number of carbonyl (C=O) groups is 4. The molecule has 0 spiro atoms. The standard InChI is InChI=1S/C38H22ClN5O5/c1-2-42-31-10-6-4-7-23(31)27-19-22(13-16-32(27)42)43-34(45)24-14-11-20(17-28(24)36(43)47)21-12-15-25-29(18-21)37(48)44(35(25)46)38-41-40-33(49-38)26-8-3-5-9-30(26)39/h3-19H,2H2,1H3. The van der Waals surface area contributed by atoms with Crippen molar-refractivity contribution >= 4 is 68.7 Å². The number of amides is 4. The largest absolute Gasteiger partial charge is 0.403 e. The van der Waals surface area contributed by atoms with Gasteiger partial charge in [-0.3, -0.25) is 19.2 Å². The molecule has 49 heavy (non-hydrogen) atoms. The molecule has 11 heteroatoms. The quantitative estimate of drug-likeness (QED) is 0.173. The maximum absolute atomic E-state index is 13.8. The highest BCUT2D eigenvalue weighted by Crippen LogP contribution is 2.38. The summed E-state index contributed by atoms with van der Waals surface area (Å²) in [5, 5.41) is 10.3. The topological polar surface area (TPSA) is 119 Å². The zero-order chi connectivity index (χ0) is 33.6. The van der Waals surface area contributed by atoms with Crippen LogP contribution in [0.3, 0.4) is 0 Å². The first-order valence-corrected chi connectivity index (χ1v) is 15.9. The smallest absolute Gasteiger partial charge is 0.332 e. The second-order valence-corrected chi connectivity index (χ2v) is 12.2. The number of rotatable bonds is 5. The molecule has 5 aromatic carbocycles. The zero-order valence-corrected chi connectivity index (χ0v) is 26.4. The van der Waals surface area contributed by atoms with Crippen molar-refractivity contribution in [3.05, 3.63) is 130 Å². The van der Waals surface area contributed by atoms with Gasteiger partial charge in [-0.15, -0.1) is 5.10 Å². The first kappa shape index (κ1) is 28.8. The van der Waals surface area contributed by atoms with Gasteiger partial charge in [0.15, 0.2) is 0 Å². The molecule has 2 aliphatic heterocycles. The summed E-state index contributed by atoms with van der Waals surface area (Å²) in [6.45, 7) is 2.86. The van der Waals surface area contributed by atoms with Gasteiger partial charge in [0.05, 0.1) is 38.5 Å². The second-order valence-electron chi connectivity index (χ2n) is 11.7. The number of fused-ring (bicyclic) bond motifs is 5. The number of benzene rings is 5. The third-order valence-electron chi connectivity index (χ3n) is 9.15. The lowest BCUT2D eigenvalue weighted by Gasteiger charge is -2.14. The highest BCUT2D eigenvalue weighted by Gasteiger charge is 2.41. The Bertz CT molecular complexity index is 2620. The number of hydrogen-bond donors (Lipinski definition) is 0. The second kappa shape index (κ2) is 10.6. The van der Waals surface area contributed by atoms with Crippen LogP contribution >= 0.6 is 11.6 Å². The minimum Gasteiger partial charge on any atom is -0.403 e.